The number of hydrogen-bond donors (Lipinski definition) is 0. The van der Waals surface area contributed by atoms with Gasteiger partial charge in [0.05, 0.1) is 28.9 Å². The second-order valence-corrected chi connectivity index (χ2v) is 4.83. The summed E-state index contributed by atoms with van der Waals surface area (Å²) < 4.78 is 77.8. The molecule has 0 atom stereocenters. The summed E-state index contributed by atoms with van der Waals surface area (Å²) in [6.45, 7) is 1.51. The van der Waals surface area contributed by atoms with Gasteiger partial charge in [0.15, 0.2) is 0 Å². The third-order valence-corrected chi connectivity index (χ3v) is 3.36. The minimum absolute atomic E-state index is 0.0525. The first kappa shape index (κ1) is 16.7. The number of halogens is 7. The van der Waals surface area contributed by atoms with Crippen LogP contribution in [0.25, 0.3) is 5.69 Å². The highest BCUT2D eigenvalue weighted by atomic mass is 35.5. The topological polar surface area (TPSA) is 17.8 Å². The molecule has 0 aliphatic carbocycles. The number of hydrogen-bond acceptors (Lipinski definition) is 1. The largest absolute Gasteiger partial charge is 0.416 e. The Morgan fingerprint density at radius 2 is 1.50 bits per heavy atom. The number of rotatable bonds is 2. The van der Waals surface area contributed by atoms with Gasteiger partial charge in [-0.1, -0.05) is 0 Å². The van der Waals surface area contributed by atoms with Crippen LogP contribution in [0.4, 0.5) is 26.3 Å². The van der Waals surface area contributed by atoms with Gasteiger partial charge >= 0.3 is 12.4 Å². The van der Waals surface area contributed by atoms with E-state index in [0.29, 0.717) is 23.4 Å². The zero-order valence-corrected chi connectivity index (χ0v) is 11.8. The third-order valence-electron chi connectivity index (χ3n) is 3.07. The normalized spacial score (nSPS) is 12.7. The molecule has 9 heteroatoms. The molecule has 0 radical (unpaired) electrons. The molecular formula is C13H9ClF6N2. The van der Waals surface area contributed by atoms with Crippen LogP contribution in [0.15, 0.2) is 24.4 Å². The van der Waals surface area contributed by atoms with Crippen LogP contribution < -0.4 is 0 Å². The van der Waals surface area contributed by atoms with Gasteiger partial charge in [0.2, 0.25) is 0 Å². The molecule has 0 saturated heterocycles. The molecule has 0 saturated carbocycles. The van der Waals surface area contributed by atoms with E-state index in [1.807, 2.05) is 0 Å². The highest BCUT2D eigenvalue weighted by molar-refractivity contribution is 6.17. The Morgan fingerprint density at radius 1 is 1.00 bits per heavy atom. The standard InChI is InChI=1S/C13H9ClF6N2/c1-7-8(5-14)6-21-22(7)11-3-9(12(15,16)17)2-10(4-11)13(18,19)20/h2-4,6H,5H2,1H3. The van der Waals surface area contributed by atoms with Gasteiger partial charge in [-0.15, -0.1) is 11.6 Å². The van der Waals surface area contributed by atoms with Crippen LogP contribution in [0.3, 0.4) is 0 Å². The average Bonchev–Trinajstić information content (AvgIpc) is 2.77. The fourth-order valence-corrected chi connectivity index (χ4v) is 2.16. The summed E-state index contributed by atoms with van der Waals surface area (Å²) in [5.41, 5.74) is -2.20. The summed E-state index contributed by atoms with van der Waals surface area (Å²) in [6, 6.07) is 1.31. The van der Waals surface area contributed by atoms with Gasteiger partial charge < -0.3 is 0 Å². The second-order valence-electron chi connectivity index (χ2n) is 4.56. The van der Waals surface area contributed by atoms with E-state index in [-0.39, 0.29) is 17.6 Å². The summed E-state index contributed by atoms with van der Waals surface area (Å²) >= 11 is 5.63. The summed E-state index contributed by atoms with van der Waals surface area (Å²) in [5.74, 6) is 0.0525. The number of nitrogens with zero attached hydrogens (tertiary/aromatic N) is 2. The lowest BCUT2D eigenvalue weighted by Gasteiger charge is -2.15. The summed E-state index contributed by atoms with van der Waals surface area (Å²) in [7, 11) is 0. The fraction of sp³-hybridized carbons (Fsp3) is 0.308. The molecule has 0 bridgehead atoms. The lowest BCUT2D eigenvalue weighted by atomic mass is 10.1. The van der Waals surface area contributed by atoms with Gasteiger partial charge in [0.1, 0.15) is 0 Å². The maximum atomic E-state index is 12.8. The van der Waals surface area contributed by atoms with Crippen molar-refractivity contribution in [2.75, 3.05) is 0 Å². The molecule has 0 unspecified atom stereocenters. The second kappa shape index (κ2) is 5.49. The Kier molecular flexibility index (Phi) is 4.16. The molecule has 22 heavy (non-hydrogen) atoms. The van der Waals surface area contributed by atoms with E-state index in [0.717, 1.165) is 4.68 Å². The van der Waals surface area contributed by atoms with Gasteiger partial charge in [-0.05, 0) is 25.1 Å². The minimum Gasteiger partial charge on any atom is -0.238 e. The number of benzene rings is 1. The summed E-state index contributed by atoms with van der Waals surface area (Å²) in [6.07, 6.45) is -8.49. The van der Waals surface area contributed by atoms with Crippen molar-refractivity contribution >= 4 is 11.6 Å². The van der Waals surface area contributed by atoms with E-state index < -0.39 is 23.5 Å². The Balaban J connectivity index is 2.67. The predicted molar refractivity (Wildman–Crippen MR) is 67.9 cm³/mol. The molecule has 0 spiro atoms. The van der Waals surface area contributed by atoms with E-state index in [2.05, 4.69) is 5.10 Å². The molecule has 0 aliphatic heterocycles. The molecule has 0 N–H and O–H groups in total. The molecule has 1 aromatic carbocycles. The summed E-state index contributed by atoms with van der Waals surface area (Å²) in [4.78, 5) is 0. The Labute approximate surface area is 126 Å². The van der Waals surface area contributed by atoms with Crippen molar-refractivity contribution in [3.05, 3.63) is 46.8 Å². The van der Waals surface area contributed by atoms with Crippen molar-refractivity contribution in [1.82, 2.24) is 9.78 Å². The van der Waals surface area contributed by atoms with Crippen LogP contribution >= 0.6 is 11.6 Å². The number of aromatic nitrogens is 2. The van der Waals surface area contributed by atoms with Crippen molar-refractivity contribution in [2.45, 2.75) is 25.2 Å². The highest BCUT2D eigenvalue weighted by Gasteiger charge is 2.37. The van der Waals surface area contributed by atoms with Crippen LogP contribution in [0, 0.1) is 6.92 Å². The quantitative estimate of drug-likeness (QED) is 0.557. The predicted octanol–water partition coefficient (Wildman–Crippen LogP) is 4.96. The van der Waals surface area contributed by atoms with Gasteiger partial charge in [0, 0.05) is 11.3 Å². The lowest BCUT2D eigenvalue weighted by molar-refractivity contribution is -0.143. The van der Waals surface area contributed by atoms with Gasteiger partial charge in [-0.2, -0.15) is 31.4 Å². The molecule has 0 amide bonds. The lowest BCUT2D eigenvalue weighted by Crippen LogP contribution is -2.13. The maximum absolute atomic E-state index is 12.8. The van der Waals surface area contributed by atoms with E-state index >= 15 is 0 Å². The van der Waals surface area contributed by atoms with Crippen LogP contribution in [-0.4, -0.2) is 9.78 Å². The molecule has 0 aliphatic rings. The van der Waals surface area contributed by atoms with Crippen molar-refractivity contribution in [3.63, 3.8) is 0 Å². The van der Waals surface area contributed by atoms with Gasteiger partial charge in [-0.25, -0.2) is 4.68 Å². The van der Waals surface area contributed by atoms with Crippen molar-refractivity contribution in [3.8, 4) is 5.69 Å². The first-order chi connectivity index (χ1) is 10.0. The fourth-order valence-electron chi connectivity index (χ4n) is 1.90. The van der Waals surface area contributed by atoms with Crippen molar-refractivity contribution in [1.29, 1.82) is 0 Å². The molecule has 120 valence electrons. The molecular weight excluding hydrogens is 334 g/mol. The van der Waals surface area contributed by atoms with Crippen molar-refractivity contribution in [2.24, 2.45) is 0 Å². The monoisotopic (exact) mass is 342 g/mol. The van der Waals surface area contributed by atoms with Crippen LogP contribution in [0.5, 0.6) is 0 Å². The zero-order valence-electron chi connectivity index (χ0n) is 11.1. The van der Waals surface area contributed by atoms with Crippen molar-refractivity contribution < 1.29 is 26.3 Å². The Hall–Kier alpha value is -1.70. The van der Waals surface area contributed by atoms with E-state index in [4.69, 9.17) is 11.6 Å². The highest BCUT2D eigenvalue weighted by Crippen LogP contribution is 2.37. The molecule has 0 fully saturated rings. The average molecular weight is 343 g/mol. The van der Waals surface area contributed by atoms with E-state index in [1.54, 1.807) is 0 Å². The van der Waals surface area contributed by atoms with E-state index in [9.17, 15) is 26.3 Å². The zero-order chi connectivity index (χ0) is 16.7. The first-order valence-electron chi connectivity index (χ1n) is 5.93. The first-order valence-corrected chi connectivity index (χ1v) is 6.47. The van der Waals surface area contributed by atoms with Crippen LogP contribution in [-0.2, 0) is 18.2 Å². The van der Waals surface area contributed by atoms with Gasteiger partial charge in [0.25, 0.3) is 0 Å². The molecule has 1 aromatic heterocycles. The number of alkyl halides is 7. The SMILES string of the molecule is Cc1c(CCl)cnn1-c1cc(C(F)(F)F)cc(C(F)(F)F)c1. The smallest absolute Gasteiger partial charge is 0.238 e. The summed E-state index contributed by atoms with van der Waals surface area (Å²) in [5, 5.41) is 3.80. The third kappa shape index (κ3) is 3.21. The molecule has 2 nitrogen and oxygen atoms in total. The molecule has 1 heterocycles. The maximum Gasteiger partial charge on any atom is 0.416 e. The molecule has 2 rings (SSSR count). The molecule has 2 aromatic rings. The Bertz CT molecular complexity index is 655. The Morgan fingerprint density at radius 3 is 1.86 bits per heavy atom. The van der Waals surface area contributed by atoms with Crippen LogP contribution in [0.1, 0.15) is 22.4 Å². The minimum atomic E-state index is -4.90. The van der Waals surface area contributed by atoms with Gasteiger partial charge in [-0.3, -0.25) is 0 Å². The van der Waals surface area contributed by atoms with E-state index in [1.165, 1.54) is 13.1 Å². The van der Waals surface area contributed by atoms with Crippen LogP contribution in [0.2, 0.25) is 0 Å².